The first-order chi connectivity index (χ1) is 9.70. The van der Waals surface area contributed by atoms with Gasteiger partial charge in [0.2, 0.25) is 0 Å². The second-order valence-electron chi connectivity index (χ2n) is 4.88. The molecule has 3 nitrogen and oxygen atoms in total. The van der Waals surface area contributed by atoms with Crippen LogP contribution in [0.15, 0.2) is 42.5 Å². The highest BCUT2D eigenvalue weighted by Gasteiger charge is 2.30. The van der Waals surface area contributed by atoms with Crippen molar-refractivity contribution in [2.24, 2.45) is 5.73 Å². The van der Waals surface area contributed by atoms with Crippen LogP contribution in [0.3, 0.4) is 0 Å². The zero-order valence-corrected chi connectivity index (χ0v) is 11.2. The van der Waals surface area contributed by atoms with Gasteiger partial charge in [0.05, 0.1) is 13.7 Å². The van der Waals surface area contributed by atoms with Gasteiger partial charge in [-0.15, -0.1) is 0 Å². The number of halogens is 1. The Labute approximate surface area is 117 Å². The van der Waals surface area contributed by atoms with Crippen molar-refractivity contribution < 1.29 is 13.9 Å². The highest BCUT2D eigenvalue weighted by Crippen LogP contribution is 2.40. The van der Waals surface area contributed by atoms with E-state index >= 15 is 0 Å². The highest BCUT2D eigenvalue weighted by molar-refractivity contribution is 5.42. The van der Waals surface area contributed by atoms with Crippen molar-refractivity contribution in [3.8, 4) is 11.5 Å². The topological polar surface area (TPSA) is 44.5 Å². The number of methoxy groups -OCH3 is 1. The van der Waals surface area contributed by atoms with Gasteiger partial charge < -0.3 is 15.2 Å². The quantitative estimate of drug-likeness (QED) is 0.935. The van der Waals surface area contributed by atoms with Crippen molar-refractivity contribution >= 4 is 0 Å². The molecule has 20 heavy (non-hydrogen) atoms. The molecule has 2 aromatic rings. The molecule has 4 heteroatoms. The molecule has 0 spiro atoms. The van der Waals surface area contributed by atoms with E-state index in [1.807, 2.05) is 24.3 Å². The van der Waals surface area contributed by atoms with Crippen LogP contribution in [0.2, 0.25) is 0 Å². The molecule has 1 aliphatic rings. The molecule has 2 atom stereocenters. The third-order valence-electron chi connectivity index (χ3n) is 3.73. The van der Waals surface area contributed by atoms with E-state index in [1.54, 1.807) is 12.1 Å². The molecule has 3 rings (SSSR count). The van der Waals surface area contributed by atoms with E-state index in [-0.39, 0.29) is 17.7 Å². The number of rotatable bonds is 3. The molecule has 2 unspecified atom stereocenters. The SMILES string of the molecule is COc1ccc(C(N)C2COc3ccccc32)cc1F. The summed E-state index contributed by atoms with van der Waals surface area (Å²) in [7, 11) is 1.44. The Morgan fingerprint density at radius 1 is 1.30 bits per heavy atom. The first-order valence-corrected chi connectivity index (χ1v) is 6.51. The number of benzene rings is 2. The smallest absolute Gasteiger partial charge is 0.165 e. The Hall–Kier alpha value is -2.07. The summed E-state index contributed by atoms with van der Waals surface area (Å²) in [4.78, 5) is 0. The maximum atomic E-state index is 13.8. The van der Waals surface area contributed by atoms with E-state index in [0.29, 0.717) is 6.61 Å². The van der Waals surface area contributed by atoms with Crippen molar-refractivity contribution in [1.82, 2.24) is 0 Å². The Morgan fingerprint density at radius 2 is 2.10 bits per heavy atom. The third-order valence-corrected chi connectivity index (χ3v) is 3.73. The van der Waals surface area contributed by atoms with Crippen LogP contribution < -0.4 is 15.2 Å². The number of ether oxygens (including phenoxy) is 2. The van der Waals surface area contributed by atoms with Crippen LogP contribution in [0.5, 0.6) is 11.5 Å². The standard InChI is InChI=1S/C16H16FNO2/c1-19-15-7-6-10(8-13(15)17)16(18)12-9-20-14-5-3-2-4-11(12)14/h2-8,12,16H,9,18H2,1H3. The van der Waals surface area contributed by atoms with Gasteiger partial charge >= 0.3 is 0 Å². The summed E-state index contributed by atoms with van der Waals surface area (Å²) >= 11 is 0. The summed E-state index contributed by atoms with van der Waals surface area (Å²) in [5.41, 5.74) is 8.11. The van der Waals surface area contributed by atoms with E-state index in [9.17, 15) is 4.39 Å². The molecule has 2 N–H and O–H groups in total. The van der Waals surface area contributed by atoms with Gasteiger partial charge in [-0.05, 0) is 23.8 Å². The monoisotopic (exact) mass is 273 g/mol. The van der Waals surface area contributed by atoms with Gasteiger partial charge in [0.25, 0.3) is 0 Å². The Kier molecular flexibility index (Phi) is 3.32. The summed E-state index contributed by atoms with van der Waals surface area (Å²) in [6, 6.07) is 12.4. The summed E-state index contributed by atoms with van der Waals surface area (Å²) < 4.78 is 24.3. The molecule has 0 amide bonds. The first-order valence-electron chi connectivity index (χ1n) is 6.51. The number of hydrogen-bond acceptors (Lipinski definition) is 3. The lowest BCUT2D eigenvalue weighted by Crippen LogP contribution is -2.21. The number of hydrogen-bond donors (Lipinski definition) is 1. The Bertz CT molecular complexity index is 630. The van der Waals surface area contributed by atoms with Gasteiger partial charge in [0.1, 0.15) is 5.75 Å². The summed E-state index contributed by atoms with van der Waals surface area (Å²) in [5.74, 6) is 0.734. The summed E-state index contributed by atoms with van der Waals surface area (Å²) in [6.07, 6.45) is 0. The van der Waals surface area contributed by atoms with Crippen molar-refractivity contribution in [2.45, 2.75) is 12.0 Å². The van der Waals surface area contributed by atoms with Crippen molar-refractivity contribution in [1.29, 1.82) is 0 Å². The predicted octanol–water partition coefficient (Wildman–Crippen LogP) is 3.01. The lowest BCUT2D eigenvalue weighted by Gasteiger charge is -2.19. The van der Waals surface area contributed by atoms with E-state index in [0.717, 1.165) is 16.9 Å². The molecule has 0 radical (unpaired) electrons. The van der Waals surface area contributed by atoms with Crippen molar-refractivity contribution in [3.63, 3.8) is 0 Å². The van der Waals surface area contributed by atoms with Crippen LogP contribution in [0.4, 0.5) is 4.39 Å². The number of fused-ring (bicyclic) bond motifs is 1. The molecule has 0 saturated carbocycles. The van der Waals surface area contributed by atoms with Gasteiger partial charge in [-0.3, -0.25) is 0 Å². The molecule has 0 saturated heterocycles. The molecule has 104 valence electrons. The van der Waals surface area contributed by atoms with Gasteiger partial charge in [-0.1, -0.05) is 24.3 Å². The van der Waals surface area contributed by atoms with E-state index in [2.05, 4.69) is 0 Å². The van der Waals surface area contributed by atoms with E-state index < -0.39 is 5.82 Å². The van der Waals surface area contributed by atoms with E-state index in [4.69, 9.17) is 15.2 Å². The Balaban J connectivity index is 1.90. The first kappa shape index (κ1) is 12.9. The van der Waals surface area contributed by atoms with Crippen molar-refractivity contribution in [2.75, 3.05) is 13.7 Å². The molecular weight excluding hydrogens is 257 g/mol. The van der Waals surface area contributed by atoms with Gasteiger partial charge in [-0.25, -0.2) is 4.39 Å². The van der Waals surface area contributed by atoms with Crippen LogP contribution in [0, 0.1) is 5.82 Å². The lowest BCUT2D eigenvalue weighted by molar-refractivity contribution is 0.315. The number of para-hydroxylation sites is 1. The van der Waals surface area contributed by atoms with Crippen LogP contribution in [0.25, 0.3) is 0 Å². The fourth-order valence-corrected chi connectivity index (χ4v) is 2.61. The maximum absolute atomic E-state index is 13.8. The molecule has 0 aliphatic carbocycles. The minimum absolute atomic E-state index is 0.0407. The lowest BCUT2D eigenvalue weighted by atomic mass is 9.89. The predicted molar refractivity (Wildman–Crippen MR) is 74.6 cm³/mol. The van der Waals surface area contributed by atoms with E-state index in [1.165, 1.54) is 13.2 Å². The minimum atomic E-state index is -0.396. The molecular formula is C16H16FNO2. The molecule has 0 aromatic heterocycles. The van der Waals surface area contributed by atoms with Gasteiger partial charge in [-0.2, -0.15) is 0 Å². The van der Waals surface area contributed by atoms with Gasteiger partial charge in [0, 0.05) is 17.5 Å². The molecule has 1 heterocycles. The zero-order valence-electron chi connectivity index (χ0n) is 11.2. The van der Waals surface area contributed by atoms with Crippen LogP contribution in [-0.2, 0) is 0 Å². The Morgan fingerprint density at radius 3 is 2.85 bits per heavy atom. The second-order valence-corrected chi connectivity index (χ2v) is 4.88. The largest absolute Gasteiger partial charge is 0.494 e. The maximum Gasteiger partial charge on any atom is 0.165 e. The third kappa shape index (κ3) is 2.12. The molecule has 0 fully saturated rings. The summed E-state index contributed by atoms with van der Waals surface area (Å²) in [5, 5.41) is 0. The summed E-state index contributed by atoms with van der Waals surface area (Å²) in [6.45, 7) is 0.522. The van der Waals surface area contributed by atoms with Crippen LogP contribution in [-0.4, -0.2) is 13.7 Å². The minimum Gasteiger partial charge on any atom is -0.494 e. The fourth-order valence-electron chi connectivity index (χ4n) is 2.61. The average molecular weight is 273 g/mol. The zero-order chi connectivity index (χ0) is 14.1. The normalized spacial score (nSPS) is 18.2. The highest BCUT2D eigenvalue weighted by atomic mass is 19.1. The van der Waals surface area contributed by atoms with Gasteiger partial charge in [0.15, 0.2) is 11.6 Å². The van der Waals surface area contributed by atoms with Crippen LogP contribution >= 0.6 is 0 Å². The molecule has 2 aromatic carbocycles. The average Bonchev–Trinajstić information content (AvgIpc) is 2.90. The van der Waals surface area contributed by atoms with Crippen LogP contribution in [0.1, 0.15) is 23.1 Å². The molecule has 0 bridgehead atoms. The fraction of sp³-hybridized carbons (Fsp3) is 0.250. The second kappa shape index (κ2) is 5.13. The number of nitrogens with two attached hydrogens (primary N) is 1. The molecule has 1 aliphatic heterocycles. The van der Waals surface area contributed by atoms with Crippen molar-refractivity contribution in [3.05, 3.63) is 59.4 Å².